The van der Waals surface area contributed by atoms with Crippen LogP contribution in [0.4, 0.5) is 4.39 Å². The summed E-state index contributed by atoms with van der Waals surface area (Å²) >= 11 is 6.26. The Bertz CT molecular complexity index is 425. The molecule has 1 aliphatic heterocycles. The zero-order valence-electron chi connectivity index (χ0n) is 12.4. The average Bonchev–Trinajstić information content (AvgIpc) is 2.42. The molecule has 0 radical (unpaired) electrons. The molecular formula is C15H24Cl3FN2. The Morgan fingerprint density at radius 2 is 1.90 bits per heavy atom. The number of hydrogen-bond acceptors (Lipinski definition) is 2. The normalized spacial score (nSPS) is 18.3. The molecule has 1 aliphatic rings. The number of piperazine rings is 1. The van der Waals surface area contributed by atoms with Gasteiger partial charge in [-0.2, -0.15) is 0 Å². The number of hydrogen-bond donors (Lipinski definition) is 1. The van der Waals surface area contributed by atoms with Crippen molar-refractivity contribution in [2.75, 3.05) is 26.2 Å². The van der Waals surface area contributed by atoms with Crippen molar-refractivity contribution in [1.29, 1.82) is 0 Å². The summed E-state index contributed by atoms with van der Waals surface area (Å²) < 4.78 is 13.2. The molecule has 1 N–H and O–H groups in total. The molecule has 0 saturated carbocycles. The minimum Gasteiger partial charge on any atom is -0.314 e. The average molecular weight is 358 g/mol. The van der Waals surface area contributed by atoms with Gasteiger partial charge in [0.05, 0.1) is 0 Å². The molecule has 21 heavy (non-hydrogen) atoms. The van der Waals surface area contributed by atoms with E-state index in [0.717, 1.165) is 38.2 Å². The van der Waals surface area contributed by atoms with Crippen LogP contribution in [-0.2, 0) is 0 Å². The van der Waals surface area contributed by atoms with Gasteiger partial charge in [0.15, 0.2) is 0 Å². The van der Waals surface area contributed by atoms with Gasteiger partial charge in [-0.3, -0.25) is 4.90 Å². The molecule has 1 heterocycles. The van der Waals surface area contributed by atoms with Crippen LogP contribution in [0, 0.1) is 11.7 Å². The number of benzene rings is 1. The van der Waals surface area contributed by atoms with Gasteiger partial charge in [0, 0.05) is 37.2 Å². The zero-order chi connectivity index (χ0) is 13.8. The van der Waals surface area contributed by atoms with Crippen LogP contribution < -0.4 is 5.32 Å². The highest BCUT2D eigenvalue weighted by Crippen LogP contribution is 2.35. The van der Waals surface area contributed by atoms with Crippen LogP contribution in [0.1, 0.15) is 31.9 Å². The first kappa shape index (κ1) is 20.9. The largest absolute Gasteiger partial charge is 0.314 e. The highest BCUT2D eigenvalue weighted by molar-refractivity contribution is 6.31. The zero-order valence-corrected chi connectivity index (χ0v) is 14.8. The van der Waals surface area contributed by atoms with Crippen molar-refractivity contribution in [3.8, 4) is 0 Å². The van der Waals surface area contributed by atoms with Gasteiger partial charge in [-0.25, -0.2) is 4.39 Å². The molecule has 0 aromatic heterocycles. The van der Waals surface area contributed by atoms with Gasteiger partial charge in [0.1, 0.15) is 5.82 Å². The van der Waals surface area contributed by atoms with Gasteiger partial charge in [0.25, 0.3) is 0 Å². The Kier molecular flexibility index (Phi) is 9.83. The lowest BCUT2D eigenvalue weighted by molar-refractivity contribution is 0.128. The molecule has 122 valence electrons. The third kappa shape index (κ3) is 5.26. The molecule has 0 amide bonds. The molecule has 6 heteroatoms. The fraction of sp³-hybridized carbons (Fsp3) is 0.600. The fourth-order valence-corrected chi connectivity index (χ4v) is 3.07. The Balaban J connectivity index is 0.00000200. The van der Waals surface area contributed by atoms with E-state index in [-0.39, 0.29) is 36.7 Å². The van der Waals surface area contributed by atoms with Crippen molar-refractivity contribution >= 4 is 36.4 Å². The lowest BCUT2D eigenvalue weighted by atomic mass is 9.90. The quantitative estimate of drug-likeness (QED) is 0.863. The van der Waals surface area contributed by atoms with Crippen molar-refractivity contribution in [2.24, 2.45) is 5.92 Å². The first-order chi connectivity index (χ1) is 9.13. The van der Waals surface area contributed by atoms with Crippen LogP contribution >= 0.6 is 36.4 Å². The number of nitrogens with zero attached hydrogens (tertiary/aromatic N) is 1. The van der Waals surface area contributed by atoms with E-state index < -0.39 is 0 Å². The van der Waals surface area contributed by atoms with Crippen LogP contribution in [0.15, 0.2) is 18.2 Å². The molecule has 1 aromatic carbocycles. The van der Waals surface area contributed by atoms with Crippen molar-refractivity contribution < 1.29 is 4.39 Å². The summed E-state index contributed by atoms with van der Waals surface area (Å²) in [5.74, 6) is 0.234. The Hall–Kier alpha value is -0.0600. The molecule has 1 aromatic rings. The second kappa shape index (κ2) is 9.86. The summed E-state index contributed by atoms with van der Waals surface area (Å²) in [5.41, 5.74) is 1.05. The van der Waals surface area contributed by atoms with Crippen LogP contribution in [0.25, 0.3) is 0 Å². The van der Waals surface area contributed by atoms with Crippen LogP contribution in [-0.4, -0.2) is 31.1 Å². The predicted molar refractivity (Wildman–Crippen MR) is 92.5 cm³/mol. The molecule has 1 saturated heterocycles. The maximum Gasteiger partial charge on any atom is 0.124 e. The van der Waals surface area contributed by atoms with Crippen molar-refractivity contribution in [1.82, 2.24) is 10.2 Å². The molecule has 0 aliphatic carbocycles. The molecular weight excluding hydrogens is 334 g/mol. The van der Waals surface area contributed by atoms with E-state index in [2.05, 4.69) is 24.1 Å². The van der Waals surface area contributed by atoms with Crippen molar-refractivity contribution in [3.05, 3.63) is 34.6 Å². The summed E-state index contributed by atoms with van der Waals surface area (Å²) in [7, 11) is 0. The summed E-state index contributed by atoms with van der Waals surface area (Å²) in [6.07, 6.45) is 1.09. The van der Waals surface area contributed by atoms with E-state index in [1.54, 1.807) is 0 Å². The minimum atomic E-state index is -0.267. The third-order valence-electron chi connectivity index (χ3n) is 4.01. The highest BCUT2D eigenvalue weighted by Gasteiger charge is 2.28. The van der Waals surface area contributed by atoms with Gasteiger partial charge in [-0.1, -0.05) is 37.9 Å². The first-order valence-electron chi connectivity index (χ1n) is 7.03. The smallest absolute Gasteiger partial charge is 0.124 e. The topological polar surface area (TPSA) is 15.3 Å². The Labute approximate surface area is 144 Å². The summed E-state index contributed by atoms with van der Waals surface area (Å²) in [6, 6.07) is 5.06. The second-order valence-corrected chi connectivity index (χ2v) is 5.69. The highest BCUT2D eigenvalue weighted by atomic mass is 35.5. The van der Waals surface area contributed by atoms with E-state index in [9.17, 15) is 4.39 Å². The van der Waals surface area contributed by atoms with E-state index in [1.807, 2.05) is 6.07 Å². The standard InChI is InChI=1S/C15H22ClFN2.2ClH/c1-3-11(2)15(19-8-6-18-7-9-19)13-5-4-12(17)10-14(13)16;;/h4-5,10-11,15,18H,3,6-9H2,1-2H3;2*1H/t11?,15-;;/m0../s1. The SMILES string of the molecule is CCC(C)[C@@H](c1ccc(F)cc1Cl)N1CCNCC1.Cl.Cl. The number of rotatable bonds is 4. The van der Waals surface area contributed by atoms with Crippen LogP contribution in [0.3, 0.4) is 0 Å². The first-order valence-corrected chi connectivity index (χ1v) is 7.41. The predicted octanol–water partition coefficient (Wildman–Crippen LogP) is 4.32. The van der Waals surface area contributed by atoms with Gasteiger partial charge in [0.2, 0.25) is 0 Å². The van der Waals surface area contributed by atoms with Gasteiger partial charge in [-0.15, -0.1) is 24.8 Å². The molecule has 0 spiro atoms. The van der Waals surface area contributed by atoms with E-state index >= 15 is 0 Å². The lowest BCUT2D eigenvalue weighted by Crippen LogP contribution is -2.46. The third-order valence-corrected chi connectivity index (χ3v) is 4.34. The van der Waals surface area contributed by atoms with Crippen molar-refractivity contribution in [3.63, 3.8) is 0 Å². The molecule has 0 bridgehead atoms. The summed E-state index contributed by atoms with van der Waals surface area (Å²) in [4.78, 5) is 2.46. The molecule has 2 rings (SSSR count). The fourth-order valence-electron chi connectivity index (χ4n) is 2.79. The number of nitrogens with one attached hydrogen (secondary N) is 1. The molecule has 2 atom stereocenters. The van der Waals surface area contributed by atoms with Gasteiger partial charge in [-0.05, 0) is 23.6 Å². The maximum absolute atomic E-state index is 13.2. The summed E-state index contributed by atoms with van der Waals surface area (Å²) in [6.45, 7) is 8.48. The molecule has 2 nitrogen and oxygen atoms in total. The van der Waals surface area contributed by atoms with Gasteiger partial charge >= 0.3 is 0 Å². The Morgan fingerprint density at radius 3 is 2.43 bits per heavy atom. The number of halogens is 4. The van der Waals surface area contributed by atoms with E-state index in [1.165, 1.54) is 12.1 Å². The van der Waals surface area contributed by atoms with E-state index in [0.29, 0.717) is 10.9 Å². The molecule has 1 unspecified atom stereocenters. The minimum absolute atomic E-state index is 0. The van der Waals surface area contributed by atoms with Crippen molar-refractivity contribution in [2.45, 2.75) is 26.3 Å². The van der Waals surface area contributed by atoms with Crippen LogP contribution in [0.5, 0.6) is 0 Å². The summed E-state index contributed by atoms with van der Waals surface area (Å²) in [5, 5.41) is 3.91. The lowest BCUT2D eigenvalue weighted by Gasteiger charge is -2.38. The second-order valence-electron chi connectivity index (χ2n) is 5.28. The van der Waals surface area contributed by atoms with Crippen LogP contribution in [0.2, 0.25) is 5.02 Å². The van der Waals surface area contributed by atoms with E-state index in [4.69, 9.17) is 11.6 Å². The van der Waals surface area contributed by atoms with Gasteiger partial charge < -0.3 is 5.32 Å². The monoisotopic (exact) mass is 356 g/mol. The maximum atomic E-state index is 13.2. The Morgan fingerprint density at radius 1 is 1.29 bits per heavy atom. The molecule has 1 fully saturated rings.